The second kappa shape index (κ2) is 7.36. The van der Waals surface area contributed by atoms with Crippen LogP contribution in [0.3, 0.4) is 0 Å². The minimum absolute atomic E-state index is 0.0134. The van der Waals surface area contributed by atoms with Gasteiger partial charge in [-0.3, -0.25) is 9.59 Å². The summed E-state index contributed by atoms with van der Waals surface area (Å²) in [5, 5.41) is 2.54. The second-order valence-corrected chi connectivity index (χ2v) is 6.86. The molecule has 3 aromatic rings. The zero-order valence-corrected chi connectivity index (χ0v) is 15.7. The van der Waals surface area contributed by atoms with Gasteiger partial charge in [0.1, 0.15) is 11.3 Å². The van der Waals surface area contributed by atoms with Gasteiger partial charge in [-0.1, -0.05) is 6.07 Å². The highest BCUT2D eigenvalue weighted by molar-refractivity contribution is 6.04. The smallest absolute Gasteiger partial charge is 0.441 e. The Morgan fingerprint density at radius 1 is 1.27 bits per heavy atom. The van der Waals surface area contributed by atoms with Gasteiger partial charge in [-0.15, -0.1) is 13.2 Å². The third kappa shape index (κ3) is 4.22. The first-order valence-electron chi connectivity index (χ1n) is 9.02. The van der Waals surface area contributed by atoms with Crippen LogP contribution in [-0.2, 0) is 9.59 Å². The Labute approximate surface area is 168 Å². The van der Waals surface area contributed by atoms with Crippen LogP contribution in [0.25, 0.3) is 11.1 Å². The van der Waals surface area contributed by atoms with E-state index in [1.165, 1.54) is 17.0 Å². The van der Waals surface area contributed by atoms with Crippen molar-refractivity contribution in [3.05, 3.63) is 48.4 Å². The Kier molecular flexibility index (Phi) is 4.84. The molecular weight excluding hydrogens is 403 g/mol. The number of aromatic nitrogens is 1. The third-order valence-electron chi connectivity index (χ3n) is 4.62. The lowest BCUT2D eigenvalue weighted by molar-refractivity contribution is -0.274. The number of nitrogens with zero attached hydrogens (tertiary/aromatic N) is 2. The van der Waals surface area contributed by atoms with E-state index in [9.17, 15) is 22.8 Å². The maximum absolute atomic E-state index is 12.6. The van der Waals surface area contributed by atoms with E-state index >= 15 is 0 Å². The summed E-state index contributed by atoms with van der Waals surface area (Å²) in [5.41, 5.74) is 1.94. The number of aryl methyl sites for hydroxylation is 1. The molecule has 156 valence electrons. The fourth-order valence-corrected chi connectivity index (χ4v) is 3.35. The van der Waals surface area contributed by atoms with Crippen LogP contribution in [0.4, 0.5) is 24.5 Å². The van der Waals surface area contributed by atoms with Crippen LogP contribution in [0.15, 0.2) is 46.9 Å². The highest BCUT2D eigenvalue weighted by atomic mass is 19.4. The Morgan fingerprint density at radius 3 is 2.83 bits per heavy atom. The standard InChI is InChI=1S/C20H16F3N3O4/c1-11-24-16-9-14(5-6-17(16)29-11)26-10-12(7-18(26)27)19(28)25-13-3-2-4-15(8-13)30-20(21,22)23/h2-6,8-9,12H,7,10H2,1H3,(H,25,28)/t12-/m0/s1. The van der Waals surface area contributed by atoms with E-state index < -0.39 is 23.9 Å². The molecule has 1 aromatic heterocycles. The van der Waals surface area contributed by atoms with Crippen molar-refractivity contribution < 1.29 is 31.9 Å². The highest BCUT2D eigenvalue weighted by Gasteiger charge is 2.35. The molecular formula is C20H16F3N3O4. The predicted molar refractivity (Wildman–Crippen MR) is 101 cm³/mol. The number of halogens is 3. The minimum Gasteiger partial charge on any atom is -0.441 e. The molecule has 1 saturated heterocycles. The zero-order chi connectivity index (χ0) is 21.5. The average molecular weight is 419 g/mol. The summed E-state index contributed by atoms with van der Waals surface area (Å²) in [6.45, 7) is 1.86. The number of amides is 2. The summed E-state index contributed by atoms with van der Waals surface area (Å²) >= 11 is 0. The van der Waals surface area contributed by atoms with Gasteiger partial charge in [-0.2, -0.15) is 0 Å². The maximum atomic E-state index is 12.6. The molecule has 30 heavy (non-hydrogen) atoms. The summed E-state index contributed by atoms with van der Waals surface area (Å²) in [4.78, 5) is 30.7. The van der Waals surface area contributed by atoms with E-state index in [0.717, 1.165) is 12.1 Å². The van der Waals surface area contributed by atoms with Gasteiger partial charge in [-0.25, -0.2) is 4.98 Å². The molecule has 0 spiro atoms. The number of ether oxygens (including phenoxy) is 1. The van der Waals surface area contributed by atoms with Gasteiger partial charge in [0, 0.05) is 37.3 Å². The van der Waals surface area contributed by atoms with Gasteiger partial charge < -0.3 is 19.4 Å². The molecule has 0 bridgehead atoms. The summed E-state index contributed by atoms with van der Waals surface area (Å²) in [6, 6.07) is 10.1. The van der Waals surface area contributed by atoms with E-state index in [-0.39, 0.29) is 24.6 Å². The average Bonchev–Trinajstić information content (AvgIpc) is 3.21. The largest absolute Gasteiger partial charge is 0.573 e. The molecule has 0 saturated carbocycles. The first-order chi connectivity index (χ1) is 14.2. The number of anilines is 2. The van der Waals surface area contributed by atoms with Crippen molar-refractivity contribution in [2.24, 2.45) is 5.92 Å². The first-order valence-corrected chi connectivity index (χ1v) is 9.02. The number of hydrogen-bond acceptors (Lipinski definition) is 5. The summed E-state index contributed by atoms with van der Waals surface area (Å²) < 4.78 is 46.4. The molecule has 1 atom stereocenters. The van der Waals surface area contributed by atoms with Crippen LogP contribution >= 0.6 is 0 Å². The lowest BCUT2D eigenvalue weighted by atomic mass is 10.1. The Balaban J connectivity index is 1.45. The Bertz CT molecular complexity index is 1130. The van der Waals surface area contributed by atoms with Crippen LogP contribution < -0.4 is 15.0 Å². The number of nitrogens with one attached hydrogen (secondary N) is 1. The van der Waals surface area contributed by atoms with Crippen molar-refractivity contribution in [1.29, 1.82) is 0 Å². The van der Waals surface area contributed by atoms with Gasteiger partial charge >= 0.3 is 6.36 Å². The van der Waals surface area contributed by atoms with E-state index in [4.69, 9.17) is 4.42 Å². The van der Waals surface area contributed by atoms with Crippen LogP contribution in [0.5, 0.6) is 5.75 Å². The molecule has 7 nitrogen and oxygen atoms in total. The molecule has 4 rings (SSSR count). The predicted octanol–water partition coefficient (Wildman–Crippen LogP) is 4.03. The van der Waals surface area contributed by atoms with Gasteiger partial charge in [0.15, 0.2) is 11.5 Å². The molecule has 1 N–H and O–H groups in total. The molecule has 2 heterocycles. The molecule has 1 aliphatic heterocycles. The Morgan fingerprint density at radius 2 is 2.07 bits per heavy atom. The monoisotopic (exact) mass is 419 g/mol. The van der Waals surface area contributed by atoms with Crippen molar-refractivity contribution in [2.45, 2.75) is 19.7 Å². The number of oxazole rings is 1. The van der Waals surface area contributed by atoms with E-state index in [1.54, 1.807) is 25.1 Å². The lowest BCUT2D eigenvalue weighted by Crippen LogP contribution is -2.28. The van der Waals surface area contributed by atoms with Crippen molar-refractivity contribution in [3.8, 4) is 5.75 Å². The van der Waals surface area contributed by atoms with Crippen molar-refractivity contribution >= 4 is 34.3 Å². The molecule has 0 aliphatic carbocycles. The van der Waals surface area contributed by atoms with Crippen LogP contribution in [0.2, 0.25) is 0 Å². The number of benzene rings is 2. The topological polar surface area (TPSA) is 84.7 Å². The zero-order valence-electron chi connectivity index (χ0n) is 15.7. The van der Waals surface area contributed by atoms with Crippen molar-refractivity contribution in [2.75, 3.05) is 16.8 Å². The molecule has 1 fully saturated rings. The molecule has 1 aliphatic rings. The third-order valence-corrected chi connectivity index (χ3v) is 4.62. The Hall–Kier alpha value is -3.56. The summed E-state index contributed by atoms with van der Waals surface area (Å²) in [5.74, 6) is -1.29. The van der Waals surface area contributed by atoms with Crippen molar-refractivity contribution in [3.63, 3.8) is 0 Å². The van der Waals surface area contributed by atoms with Gasteiger partial charge in [-0.05, 0) is 30.3 Å². The van der Waals surface area contributed by atoms with Crippen LogP contribution in [0.1, 0.15) is 12.3 Å². The number of fused-ring (bicyclic) bond motifs is 1. The fourth-order valence-electron chi connectivity index (χ4n) is 3.35. The molecule has 0 unspecified atom stereocenters. The highest BCUT2D eigenvalue weighted by Crippen LogP contribution is 2.30. The number of rotatable bonds is 4. The van der Waals surface area contributed by atoms with E-state index in [1.807, 2.05) is 0 Å². The van der Waals surface area contributed by atoms with Crippen molar-refractivity contribution in [1.82, 2.24) is 4.98 Å². The van der Waals surface area contributed by atoms with Crippen LogP contribution in [0, 0.1) is 12.8 Å². The normalized spacial score (nSPS) is 16.9. The van der Waals surface area contributed by atoms with E-state index in [2.05, 4.69) is 15.0 Å². The molecule has 0 radical (unpaired) electrons. The molecule has 10 heteroatoms. The molecule has 2 aromatic carbocycles. The SMILES string of the molecule is Cc1nc2cc(N3C[C@@H](C(=O)Nc4cccc(OC(F)(F)F)c4)CC3=O)ccc2o1. The second-order valence-electron chi connectivity index (χ2n) is 6.86. The first kappa shape index (κ1) is 19.7. The number of hydrogen-bond donors (Lipinski definition) is 1. The van der Waals surface area contributed by atoms with Gasteiger partial charge in [0.05, 0.1) is 5.92 Å². The molecule has 2 amide bonds. The number of carbonyl (C=O) groups excluding carboxylic acids is 2. The van der Waals surface area contributed by atoms with Crippen LogP contribution in [-0.4, -0.2) is 29.7 Å². The minimum atomic E-state index is -4.83. The summed E-state index contributed by atoms with van der Waals surface area (Å²) in [7, 11) is 0. The van der Waals surface area contributed by atoms with E-state index in [0.29, 0.717) is 22.7 Å². The lowest BCUT2D eigenvalue weighted by Gasteiger charge is -2.17. The quantitative estimate of drug-likeness (QED) is 0.690. The number of alkyl halides is 3. The van der Waals surface area contributed by atoms with Gasteiger partial charge in [0.2, 0.25) is 11.8 Å². The fraction of sp³-hybridized carbons (Fsp3) is 0.250. The summed E-state index contributed by atoms with van der Waals surface area (Å²) in [6.07, 6.45) is -4.84. The number of carbonyl (C=O) groups is 2. The maximum Gasteiger partial charge on any atom is 0.573 e. The van der Waals surface area contributed by atoms with Gasteiger partial charge in [0.25, 0.3) is 0 Å².